The van der Waals surface area contributed by atoms with Crippen LogP contribution in [0.5, 0.6) is 0 Å². The van der Waals surface area contributed by atoms with Gasteiger partial charge in [-0.2, -0.15) is 0 Å². The van der Waals surface area contributed by atoms with E-state index >= 15 is 0 Å². The van der Waals surface area contributed by atoms with Crippen molar-refractivity contribution in [3.8, 4) is 0 Å². The van der Waals surface area contributed by atoms with Gasteiger partial charge in [0.2, 0.25) is 18.5 Å². The highest BCUT2D eigenvalue weighted by Gasteiger charge is 2.34. The Morgan fingerprint density at radius 2 is 1.45 bits per heavy atom. The molecular weight excluding hydrogens is 429 g/mol. The first-order chi connectivity index (χ1) is 14.9. The zero-order valence-electron chi connectivity index (χ0n) is 17.4. The molecule has 0 amide bonds. The van der Waals surface area contributed by atoms with Crippen molar-refractivity contribution in [2.45, 2.75) is 18.2 Å². The fraction of sp³-hybridized carbons (Fsp3) is 0.217. The summed E-state index contributed by atoms with van der Waals surface area (Å²) in [6.45, 7) is 3.96. The predicted molar refractivity (Wildman–Crippen MR) is 127 cm³/mol. The Bertz CT molecular complexity index is 1080. The highest BCUT2D eigenvalue weighted by Crippen LogP contribution is 2.53. The zero-order valence-corrected chi connectivity index (χ0v) is 19.1. The lowest BCUT2D eigenvalue weighted by molar-refractivity contribution is 0.355. The minimum absolute atomic E-state index is 0.176. The number of hydrogen-bond acceptors (Lipinski definition) is 5. The van der Waals surface area contributed by atoms with E-state index < -0.39 is 18.5 Å². The number of para-hydroxylation sites is 2. The Morgan fingerprint density at radius 3 is 1.97 bits per heavy atom. The van der Waals surface area contributed by atoms with E-state index in [2.05, 4.69) is 33.6 Å². The van der Waals surface area contributed by atoms with Crippen molar-refractivity contribution in [1.29, 1.82) is 0 Å². The fourth-order valence-corrected chi connectivity index (χ4v) is 6.52. The molecule has 0 radical (unpaired) electrons. The lowest BCUT2D eigenvalue weighted by Gasteiger charge is -2.30. The Kier molecular flexibility index (Phi) is 6.58. The molecule has 3 aromatic carbocycles. The molecule has 1 fully saturated rings. The highest BCUT2D eigenvalue weighted by molar-refractivity contribution is 7.89. The van der Waals surface area contributed by atoms with Crippen molar-refractivity contribution in [3.05, 3.63) is 90.0 Å². The van der Waals surface area contributed by atoms with Crippen LogP contribution in [0.1, 0.15) is 11.1 Å². The van der Waals surface area contributed by atoms with Crippen molar-refractivity contribution in [3.63, 3.8) is 0 Å². The SMILES string of the molecule is Cc1ccc(CCOP2N(c3ccccc3)CCN2c2ccccc2)c(S(N)(=O)=O)c1. The van der Waals surface area contributed by atoms with Crippen molar-refractivity contribution in [2.75, 3.05) is 29.0 Å². The first kappa shape index (κ1) is 21.8. The second-order valence-corrected chi connectivity index (χ2v) is 10.7. The number of benzene rings is 3. The van der Waals surface area contributed by atoms with Crippen LogP contribution in [0.3, 0.4) is 0 Å². The summed E-state index contributed by atoms with van der Waals surface area (Å²) in [6.07, 6.45) is 0.468. The summed E-state index contributed by atoms with van der Waals surface area (Å²) in [6, 6.07) is 25.8. The van der Waals surface area contributed by atoms with Gasteiger partial charge in [-0.25, -0.2) is 13.6 Å². The predicted octanol–water partition coefficient (Wildman–Crippen LogP) is 4.46. The number of aryl methyl sites for hydroxylation is 1. The molecule has 0 atom stereocenters. The van der Waals surface area contributed by atoms with Gasteiger partial charge in [-0.05, 0) is 54.8 Å². The second kappa shape index (κ2) is 9.37. The van der Waals surface area contributed by atoms with Gasteiger partial charge in [0.15, 0.2) is 0 Å². The lowest BCUT2D eigenvalue weighted by Crippen LogP contribution is -2.18. The third-order valence-electron chi connectivity index (χ3n) is 5.15. The third kappa shape index (κ3) is 5.08. The lowest BCUT2D eigenvalue weighted by atomic mass is 10.1. The van der Waals surface area contributed by atoms with E-state index in [-0.39, 0.29) is 4.90 Å². The largest absolute Gasteiger partial charge is 0.322 e. The monoisotopic (exact) mass is 455 g/mol. The van der Waals surface area contributed by atoms with Crippen molar-refractivity contribution >= 4 is 29.8 Å². The maximum atomic E-state index is 12.0. The summed E-state index contributed by atoms with van der Waals surface area (Å²) in [7, 11) is -4.86. The van der Waals surface area contributed by atoms with E-state index in [0.717, 1.165) is 30.0 Å². The molecule has 4 rings (SSSR count). The van der Waals surface area contributed by atoms with Gasteiger partial charge >= 0.3 is 0 Å². The van der Waals surface area contributed by atoms with E-state index in [9.17, 15) is 8.42 Å². The molecule has 3 aromatic rings. The number of nitrogens with zero attached hydrogens (tertiary/aromatic N) is 2. The van der Waals surface area contributed by atoms with Crippen LogP contribution in [0.25, 0.3) is 0 Å². The van der Waals surface area contributed by atoms with E-state index in [1.807, 2.05) is 55.5 Å². The smallest absolute Gasteiger partial charge is 0.248 e. The maximum Gasteiger partial charge on any atom is 0.248 e. The number of sulfonamides is 1. The number of hydrogen-bond donors (Lipinski definition) is 1. The number of nitrogens with two attached hydrogens (primary N) is 1. The average molecular weight is 456 g/mol. The Hall–Kier alpha value is -2.44. The minimum atomic E-state index is -3.78. The minimum Gasteiger partial charge on any atom is -0.322 e. The molecule has 0 saturated carbocycles. The first-order valence-electron chi connectivity index (χ1n) is 10.1. The summed E-state index contributed by atoms with van der Waals surface area (Å²) in [4.78, 5) is 0.176. The van der Waals surface area contributed by atoms with Crippen molar-refractivity contribution < 1.29 is 12.9 Å². The molecule has 6 nitrogen and oxygen atoms in total. The van der Waals surface area contributed by atoms with Gasteiger partial charge in [-0.15, -0.1) is 0 Å². The Labute approximate surface area is 185 Å². The summed E-state index contributed by atoms with van der Waals surface area (Å²) in [5.41, 5.74) is 3.78. The number of anilines is 2. The van der Waals surface area contributed by atoms with Crippen LogP contribution in [0, 0.1) is 6.92 Å². The fourth-order valence-electron chi connectivity index (χ4n) is 3.66. The molecule has 8 heteroatoms. The van der Waals surface area contributed by atoms with Gasteiger partial charge in [0.25, 0.3) is 0 Å². The molecule has 0 unspecified atom stereocenters. The summed E-state index contributed by atoms with van der Waals surface area (Å²) < 4.78 is 35.0. The molecule has 162 valence electrons. The molecule has 31 heavy (non-hydrogen) atoms. The van der Waals surface area contributed by atoms with E-state index in [1.54, 1.807) is 6.07 Å². The van der Waals surface area contributed by atoms with E-state index in [4.69, 9.17) is 9.66 Å². The standard InChI is InChI=1S/C23H26N3O3PS/c1-19-12-13-20(23(18-19)31(24,27)28)14-17-29-30-25(21-8-4-2-5-9-21)15-16-26(30)22-10-6-3-7-11-22/h2-13,18H,14-17H2,1H3,(H2,24,27,28). The quantitative estimate of drug-likeness (QED) is 0.533. The summed E-state index contributed by atoms with van der Waals surface area (Å²) in [5.74, 6) is 0. The topological polar surface area (TPSA) is 75.9 Å². The Morgan fingerprint density at radius 1 is 0.903 bits per heavy atom. The van der Waals surface area contributed by atoms with Gasteiger partial charge in [0.1, 0.15) is 0 Å². The van der Waals surface area contributed by atoms with Gasteiger partial charge in [-0.3, -0.25) is 0 Å². The second-order valence-electron chi connectivity index (χ2n) is 7.41. The molecule has 0 spiro atoms. The van der Waals surface area contributed by atoms with Gasteiger partial charge in [-0.1, -0.05) is 48.5 Å². The first-order valence-corrected chi connectivity index (χ1v) is 12.8. The average Bonchev–Trinajstić information content (AvgIpc) is 3.19. The molecular formula is C23H26N3O3PS. The third-order valence-corrected chi connectivity index (χ3v) is 8.25. The van der Waals surface area contributed by atoms with E-state index in [1.165, 1.54) is 0 Å². The Balaban J connectivity index is 1.55. The van der Waals surface area contributed by atoms with Crippen LogP contribution in [-0.2, 0) is 21.0 Å². The highest BCUT2D eigenvalue weighted by atomic mass is 32.2. The van der Waals surface area contributed by atoms with Gasteiger partial charge in [0, 0.05) is 24.5 Å². The van der Waals surface area contributed by atoms with Gasteiger partial charge in [0.05, 0.1) is 11.5 Å². The molecule has 1 heterocycles. The maximum absolute atomic E-state index is 12.0. The van der Waals surface area contributed by atoms with Crippen LogP contribution in [-0.4, -0.2) is 28.1 Å². The van der Waals surface area contributed by atoms with Gasteiger partial charge < -0.3 is 13.9 Å². The zero-order chi connectivity index (χ0) is 21.8. The van der Waals surface area contributed by atoms with Crippen LogP contribution in [0.4, 0.5) is 11.4 Å². The normalized spacial score (nSPS) is 14.9. The van der Waals surface area contributed by atoms with Crippen LogP contribution < -0.4 is 14.5 Å². The number of rotatable bonds is 7. The van der Waals surface area contributed by atoms with Crippen molar-refractivity contribution in [1.82, 2.24) is 0 Å². The van der Waals surface area contributed by atoms with Crippen LogP contribution >= 0.6 is 8.45 Å². The molecule has 1 saturated heterocycles. The summed E-state index contributed by atoms with van der Waals surface area (Å²) >= 11 is 0. The molecule has 0 aromatic heterocycles. The number of primary sulfonamides is 1. The molecule has 2 N–H and O–H groups in total. The molecule has 1 aliphatic heterocycles. The molecule has 0 aliphatic carbocycles. The van der Waals surface area contributed by atoms with Crippen LogP contribution in [0.2, 0.25) is 0 Å². The van der Waals surface area contributed by atoms with Crippen molar-refractivity contribution in [2.24, 2.45) is 5.14 Å². The van der Waals surface area contributed by atoms with Crippen LogP contribution in [0.15, 0.2) is 83.8 Å². The van der Waals surface area contributed by atoms with E-state index in [0.29, 0.717) is 18.6 Å². The summed E-state index contributed by atoms with van der Waals surface area (Å²) in [5, 5.41) is 5.44. The molecule has 1 aliphatic rings. The molecule has 0 bridgehead atoms.